The Morgan fingerprint density at radius 1 is 0.957 bits per heavy atom. The molecule has 3 N–H and O–H groups in total. The van der Waals surface area contributed by atoms with Crippen molar-refractivity contribution in [3.63, 3.8) is 0 Å². The number of carboxylic acids is 1. The first-order valence-electron chi connectivity index (χ1n) is 8.41. The molecule has 0 aromatic rings. The second-order valence-electron chi connectivity index (χ2n) is 5.66. The van der Waals surface area contributed by atoms with Gasteiger partial charge in [0, 0.05) is 12.8 Å². The summed E-state index contributed by atoms with van der Waals surface area (Å²) >= 11 is 0. The van der Waals surface area contributed by atoms with Crippen molar-refractivity contribution in [2.75, 3.05) is 0 Å². The normalized spacial score (nSPS) is 14.4. The third-order valence-corrected chi connectivity index (χ3v) is 3.47. The van der Waals surface area contributed by atoms with Gasteiger partial charge in [-0.15, -0.1) is 0 Å². The van der Waals surface area contributed by atoms with E-state index in [0.29, 0.717) is 19.3 Å². The lowest BCUT2D eigenvalue weighted by Gasteiger charge is -2.11. The molecule has 0 aromatic carbocycles. The van der Waals surface area contributed by atoms with Crippen LogP contribution < -0.4 is 0 Å². The van der Waals surface area contributed by atoms with Crippen molar-refractivity contribution in [3.05, 3.63) is 24.3 Å². The van der Waals surface area contributed by atoms with Gasteiger partial charge in [0.05, 0.1) is 12.2 Å². The standard InChI is InChI=1S/C18H30O5/c1-2-3-7-11-16(20)17(21)14-13-15(19)10-8-5-4-6-9-12-18(22)23/h3,7,13-14,16-17,20-21H,2,4-6,8-12H2,1H3,(H,22,23)/b7-3-,14-13+. The Labute approximate surface area is 138 Å². The Hall–Kier alpha value is -1.46. The van der Waals surface area contributed by atoms with E-state index in [2.05, 4.69) is 0 Å². The maximum atomic E-state index is 11.6. The van der Waals surface area contributed by atoms with E-state index in [4.69, 9.17) is 5.11 Å². The molecule has 0 aliphatic heterocycles. The van der Waals surface area contributed by atoms with Crippen LogP contribution >= 0.6 is 0 Å². The van der Waals surface area contributed by atoms with Crippen molar-refractivity contribution < 1.29 is 24.9 Å². The highest BCUT2D eigenvalue weighted by molar-refractivity contribution is 5.89. The number of hydrogen-bond donors (Lipinski definition) is 3. The minimum atomic E-state index is -1.03. The van der Waals surface area contributed by atoms with Gasteiger partial charge in [-0.25, -0.2) is 0 Å². The molecule has 0 rings (SSSR count). The first-order valence-corrected chi connectivity index (χ1v) is 8.41. The van der Waals surface area contributed by atoms with Crippen molar-refractivity contribution in [1.29, 1.82) is 0 Å². The summed E-state index contributed by atoms with van der Waals surface area (Å²) in [5, 5.41) is 27.9. The molecule has 0 saturated heterocycles. The fourth-order valence-electron chi connectivity index (χ4n) is 2.07. The van der Waals surface area contributed by atoms with Gasteiger partial charge in [-0.2, -0.15) is 0 Å². The molecule has 5 heteroatoms. The van der Waals surface area contributed by atoms with E-state index in [9.17, 15) is 19.8 Å². The van der Waals surface area contributed by atoms with Gasteiger partial charge in [0.1, 0.15) is 0 Å². The number of hydrogen-bond acceptors (Lipinski definition) is 4. The molecule has 0 bridgehead atoms. The maximum absolute atomic E-state index is 11.6. The molecule has 0 heterocycles. The molecule has 0 aliphatic rings. The first-order chi connectivity index (χ1) is 11.0. The largest absolute Gasteiger partial charge is 0.481 e. The number of rotatable bonds is 14. The molecule has 2 atom stereocenters. The predicted octanol–water partition coefficient (Wildman–Crippen LogP) is 3.01. The van der Waals surface area contributed by atoms with Crippen LogP contribution in [0.5, 0.6) is 0 Å². The highest BCUT2D eigenvalue weighted by atomic mass is 16.4. The molecule has 0 aromatic heterocycles. The number of allylic oxidation sites excluding steroid dienone is 2. The molecule has 0 spiro atoms. The Kier molecular flexibility index (Phi) is 13.3. The summed E-state index contributed by atoms with van der Waals surface area (Å²) in [5.41, 5.74) is 0. The molecule has 0 radical (unpaired) electrons. The predicted molar refractivity (Wildman–Crippen MR) is 90.2 cm³/mol. The highest BCUT2D eigenvalue weighted by Gasteiger charge is 2.11. The van der Waals surface area contributed by atoms with E-state index < -0.39 is 18.2 Å². The lowest BCUT2D eigenvalue weighted by Crippen LogP contribution is -2.23. The monoisotopic (exact) mass is 326 g/mol. The van der Waals surface area contributed by atoms with Gasteiger partial charge >= 0.3 is 5.97 Å². The third-order valence-electron chi connectivity index (χ3n) is 3.47. The Balaban J connectivity index is 3.75. The van der Waals surface area contributed by atoms with Crippen molar-refractivity contribution in [3.8, 4) is 0 Å². The minimum Gasteiger partial charge on any atom is -0.481 e. The SMILES string of the molecule is CC/C=C\CC(O)C(O)/C=C/C(=O)CCCCCCCC(=O)O. The Morgan fingerprint density at radius 2 is 1.57 bits per heavy atom. The van der Waals surface area contributed by atoms with Crippen LogP contribution in [0.3, 0.4) is 0 Å². The fraction of sp³-hybridized carbons (Fsp3) is 0.667. The summed E-state index contributed by atoms with van der Waals surface area (Å²) in [7, 11) is 0. The Bertz CT molecular complexity index is 387. The first kappa shape index (κ1) is 21.5. The molecule has 0 saturated carbocycles. The zero-order valence-electron chi connectivity index (χ0n) is 14.0. The molecule has 0 fully saturated rings. The average molecular weight is 326 g/mol. The second-order valence-corrected chi connectivity index (χ2v) is 5.66. The molecule has 0 amide bonds. The van der Waals surface area contributed by atoms with Crippen molar-refractivity contribution in [1.82, 2.24) is 0 Å². The fourth-order valence-corrected chi connectivity index (χ4v) is 2.07. The molecule has 5 nitrogen and oxygen atoms in total. The third kappa shape index (κ3) is 13.9. The molecule has 2 unspecified atom stereocenters. The van der Waals surface area contributed by atoms with Gasteiger partial charge in [0.2, 0.25) is 0 Å². The van der Waals surface area contributed by atoms with Crippen LogP contribution in [0, 0.1) is 0 Å². The van der Waals surface area contributed by atoms with E-state index in [1.54, 1.807) is 0 Å². The summed E-state index contributed by atoms with van der Waals surface area (Å²) in [5.74, 6) is -0.831. The zero-order chi connectivity index (χ0) is 17.5. The summed E-state index contributed by atoms with van der Waals surface area (Å²) in [6.45, 7) is 1.99. The molecular formula is C18H30O5. The number of aliphatic hydroxyl groups is 2. The number of ketones is 1. The zero-order valence-corrected chi connectivity index (χ0v) is 14.0. The Morgan fingerprint density at radius 3 is 2.17 bits per heavy atom. The van der Waals surface area contributed by atoms with Gasteiger partial charge in [-0.1, -0.05) is 44.4 Å². The smallest absolute Gasteiger partial charge is 0.303 e. The topological polar surface area (TPSA) is 94.8 Å². The number of aliphatic hydroxyl groups excluding tert-OH is 2. The van der Waals surface area contributed by atoms with Crippen LogP contribution in [0.15, 0.2) is 24.3 Å². The minimum absolute atomic E-state index is 0.0640. The van der Waals surface area contributed by atoms with Crippen molar-refractivity contribution in [2.45, 2.75) is 76.9 Å². The van der Waals surface area contributed by atoms with Gasteiger partial charge in [0.25, 0.3) is 0 Å². The van der Waals surface area contributed by atoms with E-state index in [1.165, 1.54) is 12.2 Å². The van der Waals surface area contributed by atoms with Crippen LogP contribution in [-0.2, 0) is 9.59 Å². The van der Waals surface area contributed by atoms with Crippen LogP contribution in [0.1, 0.15) is 64.7 Å². The van der Waals surface area contributed by atoms with E-state index in [-0.39, 0.29) is 12.2 Å². The molecule has 132 valence electrons. The van der Waals surface area contributed by atoms with E-state index >= 15 is 0 Å². The number of carbonyl (C=O) groups excluding carboxylic acids is 1. The van der Waals surface area contributed by atoms with Crippen LogP contribution in [0.25, 0.3) is 0 Å². The highest BCUT2D eigenvalue weighted by Crippen LogP contribution is 2.08. The van der Waals surface area contributed by atoms with Crippen molar-refractivity contribution in [2.24, 2.45) is 0 Å². The van der Waals surface area contributed by atoms with Gasteiger partial charge in [-0.3, -0.25) is 9.59 Å². The average Bonchev–Trinajstić information content (AvgIpc) is 2.51. The van der Waals surface area contributed by atoms with Gasteiger partial charge in [-0.05, 0) is 31.8 Å². The van der Waals surface area contributed by atoms with Gasteiger partial charge < -0.3 is 15.3 Å². The maximum Gasteiger partial charge on any atom is 0.303 e. The van der Waals surface area contributed by atoms with Crippen LogP contribution in [0.2, 0.25) is 0 Å². The van der Waals surface area contributed by atoms with Gasteiger partial charge in [0.15, 0.2) is 5.78 Å². The summed E-state index contributed by atoms with van der Waals surface area (Å²) in [4.78, 5) is 22.0. The quantitative estimate of drug-likeness (QED) is 0.259. The summed E-state index contributed by atoms with van der Waals surface area (Å²) in [6, 6.07) is 0. The number of unbranched alkanes of at least 4 members (excludes halogenated alkanes) is 4. The summed E-state index contributed by atoms with van der Waals surface area (Å²) in [6.07, 6.45) is 10.5. The van der Waals surface area contributed by atoms with Crippen LogP contribution in [-0.4, -0.2) is 39.3 Å². The van der Waals surface area contributed by atoms with Crippen LogP contribution in [0.4, 0.5) is 0 Å². The lowest BCUT2D eigenvalue weighted by atomic mass is 10.1. The molecular weight excluding hydrogens is 296 g/mol. The van der Waals surface area contributed by atoms with E-state index in [1.807, 2.05) is 19.1 Å². The van der Waals surface area contributed by atoms with E-state index in [0.717, 1.165) is 32.1 Å². The van der Waals surface area contributed by atoms with Crippen molar-refractivity contribution >= 4 is 11.8 Å². The lowest BCUT2D eigenvalue weighted by molar-refractivity contribution is -0.137. The molecule has 23 heavy (non-hydrogen) atoms. The second kappa shape index (κ2) is 14.2. The summed E-state index contributed by atoms with van der Waals surface area (Å²) < 4.78 is 0. The number of aliphatic carboxylic acids is 1. The molecule has 0 aliphatic carbocycles. The number of carbonyl (C=O) groups is 2. The number of carboxylic acid groups (broad SMARTS) is 1.